The Balaban J connectivity index is 1.35. The second-order valence-electron chi connectivity index (χ2n) is 12.5. The highest BCUT2D eigenvalue weighted by molar-refractivity contribution is 6.39. The Morgan fingerprint density at radius 2 is 0.522 bits per heavy atom. The second kappa shape index (κ2) is 9.76. The summed E-state index contributed by atoms with van der Waals surface area (Å²) in [7, 11) is 0. The molecular weight excluding hydrogens is 553 g/mol. The van der Waals surface area contributed by atoms with E-state index in [1.54, 1.807) is 0 Å². The highest BCUT2D eigenvalue weighted by atomic mass is 14.2. The minimum Gasteiger partial charge on any atom is -0.0616 e. The summed E-state index contributed by atoms with van der Waals surface area (Å²) in [6.45, 7) is 0. The first kappa shape index (κ1) is 25.4. The van der Waals surface area contributed by atoms with Gasteiger partial charge in [-0.1, -0.05) is 146 Å². The lowest BCUT2D eigenvalue weighted by Gasteiger charge is -2.18. The van der Waals surface area contributed by atoms with Crippen LogP contribution >= 0.6 is 0 Å². The van der Waals surface area contributed by atoms with Gasteiger partial charge in [-0.25, -0.2) is 0 Å². The van der Waals surface area contributed by atoms with Gasteiger partial charge in [0.1, 0.15) is 0 Å². The van der Waals surface area contributed by atoms with Crippen molar-refractivity contribution in [2.24, 2.45) is 0 Å². The van der Waals surface area contributed by atoms with Gasteiger partial charge in [0, 0.05) is 0 Å². The smallest absolute Gasteiger partial charge is 0.00137 e. The predicted octanol–water partition coefficient (Wildman–Crippen LogP) is 13.1. The Labute approximate surface area is 266 Å². The Kier molecular flexibility index (Phi) is 5.38. The molecule has 0 atom stereocenters. The molecule has 0 spiro atoms. The van der Waals surface area contributed by atoms with Crippen LogP contribution in [-0.4, -0.2) is 0 Å². The van der Waals surface area contributed by atoms with Crippen LogP contribution in [0.15, 0.2) is 170 Å². The van der Waals surface area contributed by atoms with E-state index < -0.39 is 0 Å². The van der Waals surface area contributed by atoms with Crippen LogP contribution in [0.3, 0.4) is 0 Å². The van der Waals surface area contributed by atoms with Gasteiger partial charge in [0.05, 0.1) is 0 Å². The van der Waals surface area contributed by atoms with Gasteiger partial charge in [-0.05, 0) is 122 Å². The maximum absolute atomic E-state index is 2.43. The summed E-state index contributed by atoms with van der Waals surface area (Å²) < 4.78 is 0. The van der Waals surface area contributed by atoms with Crippen LogP contribution in [0.1, 0.15) is 0 Å². The van der Waals surface area contributed by atoms with E-state index >= 15 is 0 Å². The third-order valence-electron chi connectivity index (χ3n) is 9.97. The van der Waals surface area contributed by atoms with Gasteiger partial charge in [0.15, 0.2) is 0 Å². The number of benzene rings is 10. The summed E-state index contributed by atoms with van der Waals surface area (Å²) in [6, 6.07) is 62.9. The Hall–Kier alpha value is -5.98. The molecule has 0 aliphatic rings. The molecule has 0 aliphatic carbocycles. The number of rotatable bonds is 2. The maximum atomic E-state index is 2.43. The Bertz CT molecular complexity index is 2660. The topological polar surface area (TPSA) is 0 Å². The van der Waals surface area contributed by atoms with E-state index in [-0.39, 0.29) is 0 Å². The first-order valence-electron chi connectivity index (χ1n) is 16.0. The molecular formula is C46H28. The van der Waals surface area contributed by atoms with E-state index in [9.17, 15) is 0 Å². The molecule has 0 bridgehead atoms. The van der Waals surface area contributed by atoms with Gasteiger partial charge >= 0.3 is 0 Å². The molecule has 0 heteroatoms. The Morgan fingerprint density at radius 1 is 0.196 bits per heavy atom. The van der Waals surface area contributed by atoms with E-state index in [1.165, 1.54) is 97.7 Å². The molecule has 212 valence electrons. The third-order valence-corrected chi connectivity index (χ3v) is 9.97. The molecule has 0 amide bonds. The first-order valence-corrected chi connectivity index (χ1v) is 16.0. The van der Waals surface area contributed by atoms with Crippen molar-refractivity contribution >= 4 is 75.4 Å². The fourth-order valence-electron chi connectivity index (χ4n) is 7.77. The van der Waals surface area contributed by atoms with Crippen molar-refractivity contribution in [1.29, 1.82) is 0 Å². The highest BCUT2D eigenvalue weighted by Gasteiger charge is 2.17. The zero-order chi connectivity index (χ0) is 30.2. The lowest BCUT2D eigenvalue weighted by Crippen LogP contribution is -1.90. The molecule has 0 saturated carbocycles. The summed E-state index contributed by atoms with van der Waals surface area (Å²) >= 11 is 0. The fourth-order valence-corrected chi connectivity index (χ4v) is 7.77. The lowest BCUT2D eigenvalue weighted by molar-refractivity contribution is 1.68. The largest absolute Gasteiger partial charge is 0.0616 e. The van der Waals surface area contributed by atoms with Crippen LogP contribution in [-0.2, 0) is 0 Å². The van der Waals surface area contributed by atoms with Crippen molar-refractivity contribution < 1.29 is 0 Å². The van der Waals surface area contributed by atoms with Gasteiger partial charge in [-0.2, -0.15) is 0 Å². The molecule has 10 rings (SSSR count). The summed E-state index contributed by atoms with van der Waals surface area (Å²) in [5.41, 5.74) is 4.96. The molecule has 10 aromatic rings. The minimum absolute atomic E-state index is 1.24. The van der Waals surface area contributed by atoms with Gasteiger partial charge < -0.3 is 0 Å². The summed E-state index contributed by atoms with van der Waals surface area (Å²) in [6.07, 6.45) is 0. The average Bonchev–Trinajstić information content (AvgIpc) is 3.13. The monoisotopic (exact) mass is 580 g/mol. The van der Waals surface area contributed by atoms with Gasteiger partial charge in [0.2, 0.25) is 0 Å². The fraction of sp³-hybridized carbons (Fsp3) is 0. The lowest BCUT2D eigenvalue weighted by atomic mass is 9.85. The van der Waals surface area contributed by atoms with Gasteiger partial charge in [-0.15, -0.1) is 0 Å². The van der Waals surface area contributed by atoms with E-state index in [0.29, 0.717) is 0 Å². The molecule has 0 unspecified atom stereocenters. The molecule has 0 radical (unpaired) electrons. The zero-order valence-electron chi connectivity index (χ0n) is 25.2. The summed E-state index contributed by atoms with van der Waals surface area (Å²) in [5.74, 6) is 0. The zero-order valence-corrected chi connectivity index (χ0v) is 25.2. The van der Waals surface area contributed by atoms with E-state index in [0.717, 1.165) is 0 Å². The molecule has 0 saturated heterocycles. The molecule has 10 aromatic carbocycles. The van der Waals surface area contributed by atoms with Crippen LogP contribution in [0.2, 0.25) is 0 Å². The van der Waals surface area contributed by atoms with Crippen LogP contribution in [0.5, 0.6) is 0 Å². The number of fused-ring (bicyclic) bond motifs is 13. The molecule has 0 nitrogen and oxygen atoms in total. The highest BCUT2D eigenvalue weighted by Crippen LogP contribution is 2.45. The molecule has 46 heavy (non-hydrogen) atoms. The Morgan fingerprint density at radius 3 is 0.978 bits per heavy atom. The van der Waals surface area contributed by atoms with Crippen molar-refractivity contribution in [2.75, 3.05) is 0 Å². The average molecular weight is 581 g/mol. The van der Waals surface area contributed by atoms with Crippen LogP contribution in [0, 0.1) is 0 Å². The molecule has 0 fully saturated rings. The van der Waals surface area contributed by atoms with Crippen molar-refractivity contribution in [2.45, 2.75) is 0 Å². The van der Waals surface area contributed by atoms with E-state index in [1.807, 2.05) is 0 Å². The van der Waals surface area contributed by atoms with E-state index in [4.69, 9.17) is 0 Å². The van der Waals surface area contributed by atoms with Gasteiger partial charge in [0.25, 0.3) is 0 Å². The number of hydrogen-bond donors (Lipinski definition) is 0. The van der Waals surface area contributed by atoms with Crippen molar-refractivity contribution in [1.82, 2.24) is 0 Å². The standard InChI is InChI=1S/C46H28/c1-3-11-31-25-33(19-17-29(31)9-1)35-21-23-39-40-24-22-36(34-20-18-30-10-2-4-12-32(30)26-34)28-44(40)46-42-16-8-6-14-38(42)37-13-5-7-15-41(37)45(46)43(39)27-35/h1-28H. The third kappa shape index (κ3) is 3.74. The van der Waals surface area contributed by atoms with Crippen LogP contribution in [0.25, 0.3) is 97.7 Å². The van der Waals surface area contributed by atoms with Crippen molar-refractivity contribution in [3.8, 4) is 22.3 Å². The molecule has 0 heterocycles. The normalized spacial score (nSPS) is 11.9. The van der Waals surface area contributed by atoms with E-state index in [2.05, 4.69) is 170 Å². The first-order chi connectivity index (χ1) is 22.8. The van der Waals surface area contributed by atoms with Crippen molar-refractivity contribution in [3.63, 3.8) is 0 Å². The predicted molar refractivity (Wildman–Crippen MR) is 200 cm³/mol. The maximum Gasteiger partial charge on any atom is -0.00137 e. The molecule has 0 N–H and O–H groups in total. The SMILES string of the molecule is c1ccc2cc(-c3ccc4c5ccc(-c6ccc7ccccc7c6)cc5c5c6ccccc6c6ccccc6c5c4c3)ccc2c1. The summed E-state index contributed by atoms with van der Waals surface area (Å²) in [4.78, 5) is 0. The molecule has 0 aliphatic heterocycles. The quantitative estimate of drug-likeness (QED) is 0.178. The van der Waals surface area contributed by atoms with Gasteiger partial charge in [-0.3, -0.25) is 0 Å². The molecule has 0 aromatic heterocycles. The minimum atomic E-state index is 1.24. The van der Waals surface area contributed by atoms with Crippen molar-refractivity contribution in [3.05, 3.63) is 170 Å². The van der Waals surface area contributed by atoms with Crippen LogP contribution < -0.4 is 0 Å². The number of hydrogen-bond acceptors (Lipinski definition) is 0. The second-order valence-corrected chi connectivity index (χ2v) is 12.5. The van der Waals surface area contributed by atoms with Crippen LogP contribution in [0.4, 0.5) is 0 Å². The summed E-state index contributed by atoms with van der Waals surface area (Å²) in [5, 5.41) is 18.1.